The molecule has 90 valence electrons. The number of nitrogens with zero attached hydrogens (tertiary/aromatic N) is 2. The van der Waals surface area contributed by atoms with Crippen molar-refractivity contribution in [3.05, 3.63) is 11.9 Å². The molecule has 0 atom stereocenters. The van der Waals surface area contributed by atoms with Crippen LogP contribution in [-0.2, 0) is 22.0 Å². The molecule has 0 bridgehead atoms. The Bertz CT molecular complexity index is 380. The summed E-state index contributed by atoms with van der Waals surface area (Å²) in [4.78, 5) is 15.5. The van der Waals surface area contributed by atoms with Gasteiger partial charge in [0.15, 0.2) is 5.16 Å². The second-order valence-electron chi connectivity index (χ2n) is 4.63. The topological polar surface area (TPSA) is 44.1 Å². The fourth-order valence-electron chi connectivity index (χ4n) is 1.13. The van der Waals surface area contributed by atoms with Crippen LogP contribution in [-0.4, -0.2) is 28.4 Å². The van der Waals surface area contributed by atoms with Gasteiger partial charge in [0.05, 0.1) is 18.6 Å². The Morgan fingerprint density at radius 3 is 2.62 bits per heavy atom. The van der Waals surface area contributed by atoms with Crippen LogP contribution in [0.4, 0.5) is 0 Å². The summed E-state index contributed by atoms with van der Waals surface area (Å²) < 4.78 is 6.53. The van der Waals surface area contributed by atoms with Gasteiger partial charge in [-0.15, -0.1) is 0 Å². The molecule has 4 nitrogen and oxygen atoms in total. The lowest BCUT2D eigenvalue weighted by Gasteiger charge is -2.13. The molecule has 0 saturated carbocycles. The average Bonchev–Trinajstić information content (AvgIpc) is 2.56. The number of aryl methyl sites for hydroxylation is 1. The summed E-state index contributed by atoms with van der Waals surface area (Å²) in [5.74, 6) is 0.0654. The molecule has 5 heteroatoms. The zero-order valence-electron chi connectivity index (χ0n) is 10.4. The van der Waals surface area contributed by atoms with Crippen molar-refractivity contribution in [2.45, 2.75) is 31.3 Å². The van der Waals surface area contributed by atoms with E-state index in [1.807, 2.05) is 17.8 Å². The Labute approximate surface area is 100 Å². The predicted octanol–water partition coefficient (Wildman–Crippen LogP) is 1.98. The van der Waals surface area contributed by atoms with Crippen molar-refractivity contribution >= 4 is 17.7 Å². The number of methoxy groups -OCH3 is 1. The fraction of sp³-hybridized carbons (Fsp3) is 0.636. The van der Waals surface area contributed by atoms with Crippen LogP contribution in [0.15, 0.2) is 11.4 Å². The van der Waals surface area contributed by atoms with Crippen LogP contribution in [0.2, 0.25) is 0 Å². The van der Waals surface area contributed by atoms with E-state index in [4.69, 9.17) is 0 Å². The normalized spacial score (nSPS) is 11.6. The summed E-state index contributed by atoms with van der Waals surface area (Å²) >= 11 is 1.39. The van der Waals surface area contributed by atoms with Gasteiger partial charge in [0.25, 0.3) is 0 Å². The number of esters is 1. The van der Waals surface area contributed by atoms with Crippen molar-refractivity contribution < 1.29 is 9.53 Å². The van der Waals surface area contributed by atoms with E-state index < -0.39 is 0 Å². The third-order valence-electron chi connectivity index (χ3n) is 2.15. The lowest BCUT2D eigenvalue weighted by molar-refractivity contribution is -0.137. The van der Waals surface area contributed by atoms with Crippen molar-refractivity contribution in [1.29, 1.82) is 0 Å². The van der Waals surface area contributed by atoms with Gasteiger partial charge in [0.2, 0.25) is 0 Å². The second-order valence-corrected chi connectivity index (χ2v) is 5.58. The molecule has 0 saturated heterocycles. The van der Waals surface area contributed by atoms with Crippen molar-refractivity contribution in [1.82, 2.24) is 9.55 Å². The van der Waals surface area contributed by atoms with Gasteiger partial charge in [-0.2, -0.15) is 0 Å². The molecule has 16 heavy (non-hydrogen) atoms. The predicted molar refractivity (Wildman–Crippen MR) is 64.6 cm³/mol. The Balaban J connectivity index is 2.75. The average molecular weight is 242 g/mol. The molecular formula is C11H18N2O2S. The lowest BCUT2D eigenvalue weighted by atomic mass is 9.93. The van der Waals surface area contributed by atoms with E-state index in [2.05, 4.69) is 30.5 Å². The smallest absolute Gasteiger partial charge is 0.316 e. The highest BCUT2D eigenvalue weighted by molar-refractivity contribution is 7.99. The van der Waals surface area contributed by atoms with Crippen LogP contribution in [0.5, 0.6) is 0 Å². The van der Waals surface area contributed by atoms with E-state index in [0.29, 0.717) is 5.75 Å². The number of ether oxygens (including phenoxy) is 1. The van der Waals surface area contributed by atoms with Gasteiger partial charge in [0, 0.05) is 18.7 Å². The molecule has 0 unspecified atom stereocenters. The molecule has 0 spiro atoms. The highest BCUT2D eigenvalue weighted by Gasteiger charge is 2.19. The van der Waals surface area contributed by atoms with Gasteiger partial charge in [0.1, 0.15) is 0 Å². The minimum absolute atomic E-state index is 0.0296. The number of thioether (sulfide) groups is 1. The minimum Gasteiger partial charge on any atom is -0.468 e. The Hall–Kier alpha value is -0.970. The molecular weight excluding hydrogens is 224 g/mol. The Morgan fingerprint density at radius 1 is 1.56 bits per heavy atom. The van der Waals surface area contributed by atoms with Crippen molar-refractivity contribution in [3.8, 4) is 0 Å². The van der Waals surface area contributed by atoms with E-state index in [9.17, 15) is 4.79 Å². The van der Waals surface area contributed by atoms with Gasteiger partial charge in [-0.05, 0) is 0 Å². The molecule has 0 N–H and O–H groups in total. The number of hydrogen-bond donors (Lipinski definition) is 0. The summed E-state index contributed by atoms with van der Waals surface area (Å²) in [5.41, 5.74) is 1.06. The highest BCUT2D eigenvalue weighted by atomic mass is 32.2. The van der Waals surface area contributed by atoms with E-state index in [-0.39, 0.29) is 11.4 Å². The number of rotatable bonds is 3. The summed E-state index contributed by atoms with van der Waals surface area (Å²) in [6.07, 6.45) is 2.00. The van der Waals surface area contributed by atoms with E-state index in [0.717, 1.165) is 10.9 Å². The third kappa shape index (κ3) is 3.27. The maximum absolute atomic E-state index is 11.0. The molecule has 1 heterocycles. The van der Waals surface area contributed by atoms with Crippen molar-refractivity contribution in [2.24, 2.45) is 7.05 Å². The van der Waals surface area contributed by atoms with Crippen LogP contribution in [0.1, 0.15) is 26.5 Å². The highest BCUT2D eigenvalue weighted by Crippen LogP contribution is 2.24. The van der Waals surface area contributed by atoms with Crippen LogP contribution in [0, 0.1) is 0 Å². The summed E-state index contributed by atoms with van der Waals surface area (Å²) in [6.45, 7) is 6.35. The van der Waals surface area contributed by atoms with Gasteiger partial charge in [-0.25, -0.2) is 4.98 Å². The molecule has 0 aliphatic heterocycles. The summed E-state index contributed by atoms with van der Waals surface area (Å²) in [5, 5.41) is 0.843. The molecule has 0 radical (unpaired) electrons. The molecule has 1 rings (SSSR count). The van der Waals surface area contributed by atoms with Crippen molar-refractivity contribution in [2.75, 3.05) is 12.9 Å². The van der Waals surface area contributed by atoms with Crippen molar-refractivity contribution in [3.63, 3.8) is 0 Å². The number of hydrogen-bond acceptors (Lipinski definition) is 4. The van der Waals surface area contributed by atoms with E-state index in [1.54, 1.807) is 0 Å². The molecule has 0 aromatic carbocycles. The fourth-order valence-corrected chi connectivity index (χ4v) is 1.91. The lowest BCUT2D eigenvalue weighted by Crippen LogP contribution is -2.11. The van der Waals surface area contributed by atoms with E-state index in [1.165, 1.54) is 18.9 Å². The monoisotopic (exact) mass is 242 g/mol. The van der Waals surface area contributed by atoms with Crippen LogP contribution < -0.4 is 0 Å². The largest absolute Gasteiger partial charge is 0.468 e. The number of carbonyl (C=O) groups excluding carboxylic acids is 1. The Morgan fingerprint density at radius 2 is 2.19 bits per heavy atom. The number of aromatic nitrogens is 2. The maximum Gasteiger partial charge on any atom is 0.316 e. The zero-order valence-corrected chi connectivity index (χ0v) is 11.2. The second kappa shape index (κ2) is 4.91. The number of carbonyl (C=O) groups is 1. The maximum atomic E-state index is 11.0. The number of imidazole rings is 1. The van der Waals surface area contributed by atoms with Gasteiger partial charge in [-0.1, -0.05) is 32.5 Å². The molecule has 0 fully saturated rings. The van der Waals surface area contributed by atoms with Crippen LogP contribution in [0.25, 0.3) is 0 Å². The summed E-state index contributed by atoms with van der Waals surface area (Å²) in [7, 11) is 3.32. The van der Waals surface area contributed by atoms with E-state index >= 15 is 0 Å². The molecule has 1 aromatic heterocycles. The first-order valence-corrected chi connectivity index (χ1v) is 6.06. The Kier molecular flexibility index (Phi) is 4.02. The minimum atomic E-state index is -0.231. The quantitative estimate of drug-likeness (QED) is 0.600. The van der Waals surface area contributed by atoms with Gasteiger partial charge in [-0.3, -0.25) is 4.79 Å². The molecule has 0 amide bonds. The SMILES string of the molecule is COC(=O)CSc1nc(C(C)(C)C)cn1C. The van der Waals surface area contributed by atoms with Gasteiger partial charge >= 0.3 is 5.97 Å². The standard InChI is InChI=1S/C11H18N2O2S/c1-11(2,3)8-6-13(4)10(12-8)16-7-9(14)15-5/h6H,7H2,1-5H3. The summed E-state index contributed by atoms with van der Waals surface area (Å²) in [6, 6.07) is 0. The zero-order chi connectivity index (χ0) is 12.3. The first-order chi connectivity index (χ1) is 7.34. The molecule has 1 aromatic rings. The molecule has 0 aliphatic carbocycles. The van der Waals surface area contributed by atoms with Crippen LogP contribution >= 0.6 is 11.8 Å². The first kappa shape index (κ1) is 13.1. The van der Waals surface area contributed by atoms with Gasteiger partial charge < -0.3 is 9.30 Å². The van der Waals surface area contributed by atoms with Crippen LogP contribution in [0.3, 0.4) is 0 Å². The molecule has 0 aliphatic rings. The third-order valence-corrected chi connectivity index (χ3v) is 3.17. The first-order valence-electron chi connectivity index (χ1n) is 5.08.